The van der Waals surface area contributed by atoms with Gasteiger partial charge in [-0.1, -0.05) is 18.7 Å². The summed E-state index contributed by atoms with van der Waals surface area (Å²) in [6.07, 6.45) is 0. The van der Waals surface area contributed by atoms with Crippen molar-refractivity contribution in [3.63, 3.8) is 0 Å². The summed E-state index contributed by atoms with van der Waals surface area (Å²) < 4.78 is 15.8. The van der Waals surface area contributed by atoms with Gasteiger partial charge in [0.2, 0.25) is 0 Å². The Kier molecular flexibility index (Phi) is 5.25. The van der Waals surface area contributed by atoms with Gasteiger partial charge in [0.15, 0.2) is 0 Å². The van der Waals surface area contributed by atoms with Crippen LogP contribution in [0.25, 0.3) is 5.57 Å². The number of benzene rings is 2. The minimum absolute atomic E-state index is 0.161. The highest BCUT2D eigenvalue weighted by Crippen LogP contribution is 2.29. The highest BCUT2D eigenvalue weighted by molar-refractivity contribution is 6.16. The lowest BCUT2D eigenvalue weighted by Crippen LogP contribution is -2.08. The SMILES string of the molecule is C=C(C(=O)OC)c1cccc(OC)c1COc1ccc(O)cc1. The lowest BCUT2D eigenvalue weighted by Gasteiger charge is -2.15. The van der Waals surface area contributed by atoms with Gasteiger partial charge in [-0.25, -0.2) is 4.79 Å². The zero-order valence-electron chi connectivity index (χ0n) is 13.0. The number of ether oxygens (including phenoxy) is 3. The summed E-state index contributed by atoms with van der Waals surface area (Å²) in [4.78, 5) is 11.7. The molecule has 0 aromatic heterocycles. The summed E-state index contributed by atoms with van der Waals surface area (Å²) in [5, 5.41) is 9.29. The first-order valence-electron chi connectivity index (χ1n) is 6.92. The lowest BCUT2D eigenvalue weighted by atomic mass is 10.0. The molecule has 0 bridgehead atoms. The van der Waals surface area contributed by atoms with Crippen LogP contribution in [0.3, 0.4) is 0 Å². The smallest absolute Gasteiger partial charge is 0.337 e. The Morgan fingerprint density at radius 2 is 1.83 bits per heavy atom. The molecule has 0 atom stereocenters. The first-order valence-corrected chi connectivity index (χ1v) is 6.92. The van der Waals surface area contributed by atoms with Crippen LogP contribution in [0.2, 0.25) is 0 Å². The molecule has 120 valence electrons. The van der Waals surface area contributed by atoms with Crippen molar-refractivity contribution in [1.29, 1.82) is 0 Å². The van der Waals surface area contributed by atoms with E-state index in [9.17, 15) is 9.90 Å². The van der Waals surface area contributed by atoms with Gasteiger partial charge in [0.25, 0.3) is 0 Å². The lowest BCUT2D eigenvalue weighted by molar-refractivity contribution is -0.133. The van der Waals surface area contributed by atoms with Crippen LogP contribution in [0.5, 0.6) is 17.2 Å². The second kappa shape index (κ2) is 7.35. The zero-order chi connectivity index (χ0) is 16.8. The van der Waals surface area contributed by atoms with Crippen molar-refractivity contribution in [3.05, 3.63) is 60.2 Å². The number of esters is 1. The van der Waals surface area contributed by atoms with Crippen LogP contribution < -0.4 is 9.47 Å². The monoisotopic (exact) mass is 314 g/mol. The van der Waals surface area contributed by atoms with Gasteiger partial charge in [-0.2, -0.15) is 0 Å². The fourth-order valence-corrected chi connectivity index (χ4v) is 2.12. The number of phenolic OH excluding ortho intramolecular Hbond substituents is 1. The van der Waals surface area contributed by atoms with E-state index in [1.54, 1.807) is 37.4 Å². The topological polar surface area (TPSA) is 65.0 Å². The summed E-state index contributed by atoms with van der Waals surface area (Å²) in [7, 11) is 2.85. The number of methoxy groups -OCH3 is 2. The minimum Gasteiger partial charge on any atom is -0.508 e. The molecule has 2 aromatic carbocycles. The Morgan fingerprint density at radius 1 is 1.13 bits per heavy atom. The largest absolute Gasteiger partial charge is 0.508 e. The Morgan fingerprint density at radius 3 is 2.43 bits per heavy atom. The normalized spacial score (nSPS) is 10.0. The standard InChI is InChI=1S/C18H18O5/c1-12(18(20)22-3)15-5-4-6-17(21-2)16(15)11-23-14-9-7-13(19)8-10-14/h4-10,19H,1,11H2,2-3H3. The second-order valence-electron chi connectivity index (χ2n) is 4.74. The maximum absolute atomic E-state index is 11.7. The summed E-state index contributed by atoms with van der Waals surface area (Å²) in [6.45, 7) is 3.96. The van der Waals surface area contributed by atoms with Gasteiger partial charge in [-0.3, -0.25) is 0 Å². The predicted octanol–water partition coefficient (Wildman–Crippen LogP) is 3.17. The van der Waals surface area contributed by atoms with Crippen molar-refractivity contribution in [2.75, 3.05) is 14.2 Å². The quantitative estimate of drug-likeness (QED) is 0.655. The average molecular weight is 314 g/mol. The third-order valence-electron chi connectivity index (χ3n) is 3.33. The Bertz CT molecular complexity index is 704. The maximum atomic E-state index is 11.7. The summed E-state index contributed by atoms with van der Waals surface area (Å²) in [5.41, 5.74) is 1.53. The molecule has 0 unspecified atom stereocenters. The summed E-state index contributed by atoms with van der Waals surface area (Å²) in [6, 6.07) is 11.7. The number of aromatic hydroxyl groups is 1. The van der Waals surface area contributed by atoms with E-state index in [1.807, 2.05) is 0 Å². The molecule has 0 aliphatic carbocycles. The first kappa shape index (κ1) is 16.4. The molecule has 5 heteroatoms. The minimum atomic E-state index is -0.510. The van der Waals surface area contributed by atoms with Gasteiger partial charge in [-0.15, -0.1) is 0 Å². The van der Waals surface area contributed by atoms with Crippen molar-refractivity contribution in [1.82, 2.24) is 0 Å². The number of carbonyl (C=O) groups is 1. The van der Waals surface area contributed by atoms with Crippen molar-refractivity contribution in [2.24, 2.45) is 0 Å². The van der Waals surface area contributed by atoms with Gasteiger partial charge < -0.3 is 19.3 Å². The van der Waals surface area contributed by atoms with E-state index in [-0.39, 0.29) is 17.9 Å². The van der Waals surface area contributed by atoms with Crippen molar-refractivity contribution in [2.45, 2.75) is 6.61 Å². The third-order valence-corrected chi connectivity index (χ3v) is 3.33. The molecular formula is C18H18O5. The van der Waals surface area contributed by atoms with Crippen molar-refractivity contribution in [3.8, 4) is 17.2 Å². The van der Waals surface area contributed by atoms with Gasteiger partial charge in [-0.05, 0) is 35.9 Å². The molecule has 0 heterocycles. The van der Waals surface area contributed by atoms with E-state index in [0.29, 0.717) is 22.6 Å². The fourth-order valence-electron chi connectivity index (χ4n) is 2.12. The molecule has 0 aliphatic heterocycles. The Hall–Kier alpha value is -2.95. The molecular weight excluding hydrogens is 296 g/mol. The van der Waals surface area contributed by atoms with E-state index in [4.69, 9.17) is 14.2 Å². The zero-order valence-corrected chi connectivity index (χ0v) is 13.0. The van der Waals surface area contributed by atoms with E-state index >= 15 is 0 Å². The number of carbonyl (C=O) groups excluding carboxylic acids is 1. The fraction of sp³-hybridized carbons (Fsp3) is 0.167. The second-order valence-corrected chi connectivity index (χ2v) is 4.74. The molecule has 2 aromatic rings. The van der Waals surface area contributed by atoms with Crippen molar-refractivity contribution >= 4 is 11.5 Å². The number of rotatable bonds is 6. The molecule has 0 spiro atoms. The highest BCUT2D eigenvalue weighted by Gasteiger charge is 2.17. The Balaban J connectivity index is 2.29. The van der Waals surface area contributed by atoms with Gasteiger partial charge in [0, 0.05) is 5.56 Å². The van der Waals surface area contributed by atoms with Gasteiger partial charge >= 0.3 is 5.97 Å². The van der Waals surface area contributed by atoms with Crippen LogP contribution in [0.1, 0.15) is 11.1 Å². The van der Waals surface area contributed by atoms with Crippen LogP contribution in [-0.2, 0) is 16.1 Å². The Labute approximate surface area is 134 Å². The van der Waals surface area contributed by atoms with Crippen LogP contribution in [-0.4, -0.2) is 25.3 Å². The average Bonchev–Trinajstić information content (AvgIpc) is 2.59. The highest BCUT2D eigenvalue weighted by atomic mass is 16.5. The molecule has 1 N–H and O–H groups in total. The van der Waals surface area contributed by atoms with Gasteiger partial charge in [0.1, 0.15) is 23.9 Å². The summed E-state index contributed by atoms with van der Waals surface area (Å²) >= 11 is 0. The first-order chi connectivity index (χ1) is 11.1. The van der Waals surface area contributed by atoms with Gasteiger partial charge in [0.05, 0.1) is 19.8 Å². The molecule has 0 aliphatic rings. The van der Waals surface area contributed by atoms with E-state index in [0.717, 1.165) is 0 Å². The number of phenols is 1. The van der Waals surface area contributed by atoms with E-state index in [1.165, 1.54) is 19.2 Å². The molecule has 0 amide bonds. The number of hydrogen-bond acceptors (Lipinski definition) is 5. The molecule has 0 fully saturated rings. The van der Waals surface area contributed by atoms with E-state index in [2.05, 4.69) is 6.58 Å². The van der Waals surface area contributed by atoms with Crippen LogP contribution in [0, 0.1) is 0 Å². The molecule has 0 saturated carbocycles. The molecule has 0 saturated heterocycles. The van der Waals surface area contributed by atoms with Crippen molar-refractivity contribution < 1.29 is 24.1 Å². The molecule has 23 heavy (non-hydrogen) atoms. The number of hydrogen-bond donors (Lipinski definition) is 1. The van der Waals surface area contributed by atoms with E-state index < -0.39 is 5.97 Å². The maximum Gasteiger partial charge on any atom is 0.337 e. The molecule has 5 nitrogen and oxygen atoms in total. The third kappa shape index (κ3) is 3.83. The van der Waals surface area contributed by atoms with Crippen LogP contribution >= 0.6 is 0 Å². The predicted molar refractivity (Wildman–Crippen MR) is 86.5 cm³/mol. The summed E-state index contributed by atoms with van der Waals surface area (Å²) in [5.74, 6) is 0.827. The molecule has 2 rings (SSSR count). The van der Waals surface area contributed by atoms with Crippen LogP contribution in [0.4, 0.5) is 0 Å². The molecule has 0 radical (unpaired) electrons. The van der Waals surface area contributed by atoms with Crippen LogP contribution in [0.15, 0.2) is 49.0 Å².